The maximum Gasteiger partial charge on any atom is 0.338 e. The fourth-order valence-electron chi connectivity index (χ4n) is 4.76. The second kappa shape index (κ2) is 13.2. The van der Waals surface area contributed by atoms with E-state index < -0.39 is 12.0 Å². The molecule has 0 amide bonds. The first-order chi connectivity index (χ1) is 20.7. The summed E-state index contributed by atoms with van der Waals surface area (Å²) in [5.74, 6) is 0.418. The molecule has 0 spiro atoms. The van der Waals surface area contributed by atoms with Crippen LogP contribution in [-0.4, -0.2) is 24.3 Å². The molecule has 1 aliphatic heterocycles. The molecule has 43 heavy (non-hydrogen) atoms. The summed E-state index contributed by atoms with van der Waals surface area (Å²) in [7, 11) is 1.56. The van der Waals surface area contributed by atoms with E-state index in [1.54, 1.807) is 57.4 Å². The van der Waals surface area contributed by atoms with Crippen LogP contribution in [0.4, 0.5) is 0 Å². The number of aromatic nitrogens is 1. The standard InChI is InChI=1S/C32H25ClIN3O5S/c1-4-41-31(39)27-18(2)36-32-37(28(27)23-7-5-6-8-24(23)33)30(38)26(43-32)14-21-13-22(34)15-25(40-3)29(21)42-17-20-11-9-19(16-35)10-12-20/h5-15,28H,4,17H2,1-3H3/b26-14-/t28-/m0/s1. The average Bonchev–Trinajstić information content (AvgIpc) is 3.30. The van der Waals surface area contributed by atoms with E-state index in [1.807, 2.05) is 30.3 Å². The van der Waals surface area contributed by atoms with Gasteiger partial charge in [0, 0.05) is 14.2 Å². The number of nitriles is 1. The molecule has 5 rings (SSSR count). The highest BCUT2D eigenvalue weighted by Crippen LogP contribution is 2.36. The van der Waals surface area contributed by atoms with Crippen LogP contribution in [0.2, 0.25) is 5.02 Å². The number of carbonyl (C=O) groups is 1. The largest absolute Gasteiger partial charge is 0.493 e. The summed E-state index contributed by atoms with van der Waals surface area (Å²) in [5, 5.41) is 9.51. The normalized spacial score (nSPS) is 14.5. The highest BCUT2D eigenvalue weighted by atomic mass is 127. The van der Waals surface area contributed by atoms with Gasteiger partial charge in [0.25, 0.3) is 5.56 Å². The topological polar surface area (TPSA) is 103 Å². The lowest BCUT2D eigenvalue weighted by molar-refractivity contribution is -0.139. The third-order valence-corrected chi connectivity index (χ3v) is 8.69. The predicted octanol–water partition coefficient (Wildman–Crippen LogP) is 5.52. The minimum Gasteiger partial charge on any atom is -0.493 e. The van der Waals surface area contributed by atoms with E-state index in [0.717, 1.165) is 9.13 Å². The third-order valence-electron chi connectivity index (χ3n) is 6.74. The van der Waals surface area contributed by atoms with Crippen molar-refractivity contribution in [2.75, 3.05) is 13.7 Å². The Morgan fingerprint density at radius 3 is 2.63 bits per heavy atom. The van der Waals surface area contributed by atoms with E-state index in [2.05, 4.69) is 33.7 Å². The summed E-state index contributed by atoms with van der Waals surface area (Å²) >= 11 is 10.0. The number of ether oxygens (including phenoxy) is 3. The smallest absolute Gasteiger partial charge is 0.338 e. The van der Waals surface area contributed by atoms with E-state index in [0.29, 0.717) is 48.2 Å². The molecule has 0 bridgehead atoms. The Bertz CT molecular complexity index is 1980. The Labute approximate surface area is 270 Å². The summed E-state index contributed by atoms with van der Waals surface area (Å²) < 4.78 is 20.0. The van der Waals surface area contributed by atoms with Crippen LogP contribution in [0.3, 0.4) is 0 Å². The number of rotatable bonds is 8. The van der Waals surface area contributed by atoms with Gasteiger partial charge < -0.3 is 14.2 Å². The number of benzene rings is 3. The van der Waals surface area contributed by atoms with Gasteiger partial charge >= 0.3 is 5.97 Å². The molecule has 0 unspecified atom stereocenters. The maximum absolute atomic E-state index is 14.1. The Hall–Kier alpha value is -3.92. The van der Waals surface area contributed by atoms with Gasteiger partial charge in [-0.3, -0.25) is 9.36 Å². The Morgan fingerprint density at radius 1 is 1.21 bits per heavy atom. The molecule has 0 N–H and O–H groups in total. The number of nitrogens with zero attached hydrogens (tertiary/aromatic N) is 3. The van der Waals surface area contributed by atoms with Gasteiger partial charge in [-0.05, 0) is 84.0 Å². The number of thiazole rings is 1. The number of esters is 1. The molecule has 1 atom stereocenters. The number of fused-ring (bicyclic) bond motifs is 1. The van der Waals surface area contributed by atoms with E-state index in [9.17, 15) is 9.59 Å². The minimum atomic E-state index is -0.816. The van der Waals surface area contributed by atoms with Crippen LogP contribution in [0, 0.1) is 14.9 Å². The van der Waals surface area contributed by atoms with Crippen LogP contribution in [0.15, 0.2) is 81.7 Å². The minimum absolute atomic E-state index is 0.176. The molecule has 218 valence electrons. The summed E-state index contributed by atoms with van der Waals surface area (Å²) in [6, 6.07) is 19.3. The van der Waals surface area contributed by atoms with Crippen molar-refractivity contribution >= 4 is 57.6 Å². The molecule has 0 fully saturated rings. The number of methoxy groups -OCH3 is 1. The molecular formula is C32H25ClIN3O5S. The molecule has 11 heteroatoms. The van der Waals surface area contributed by atoms with Crippen molar-refractivity contribution in [3.05, 3.63) is 122 Å². The molecule has 0 saturated heterocycles. The Morgan fingerprint density at radius 2 is 1.95 bits per heavy atom. The van der Waals surface area contributed by atoms with Crippen LogP contribution in [-0.2, 0) is 16.1 Å². The lowest BCUT2D eigenvalue weighted by atomic mass is 9.96. The van der Waals surface area contributed by atoms with Gasteiger partial charge in [0.15, 0.2) is 16.3 Å². The van der Waals surface area contributed by atoms with Gasteiger partial charge in [0.05, 0.1) is 41.2 Å². The van der Waals surface area contributed by atoms with Crippen LogP contribution in [0.25, 0.3) is 6.08 Å². The van der Waals surface area contributed by atoms with Crippen molar-refractivity contribution in [2.45, 2.75) is 26.5 Å². The van der Waals surface area contributed by atoms with E-state index >= 15 is 0 Å². The molecule has 3 aromatic carbocycles. The maximum atomic E-state index is 14.1. The summed E-state index contributed by atoms with van der Waals surface area (Å²) in [4.78, 5) is 32.3. The molecular weight excluding hydrogens is 701 g/mol. The molecule has 1 aromatic heterocycles. The number of hydrogen-bond acceptors (Lipinski definition) is 8. The van der Waals surface area contributed by atoms with Gasteiger partial charge in [-0.1, -0.05) is 53.3 Å². The molecule has 2 heterocycles. The fraction of sp³-hybridized carbons (Fsp3) is 0.188. The molecule has 0 radical (unpaired) electrons. The fourth-order valence-corrected chi connectivity index (χ4v) is 6.65. The van der Waals surface area contributed by atoms with Crippen LogP contribution in [0.5, 0.6) is 11.5 Å². The lowest BCUT2D eigenvalue weighted by Crippen LogP contribution is -2.40. The quantitative estimate of drug-likeness (QED) is 0.175. The average molecular weight is 726 g/mol. The second-order valence-corrected chi connectivity index (χ2v) is 12.1. The second-order valence-electron chi connectivity index (χ2n) is 9.45. The summed E-state index contributed by atoms with van der Waals surface area (Å²) in [6.07, 6.45) is 1.75. The van der Waals surface area contributed by atoms with Gasteiger partial charge in [0.2, 0.25) is 0 Å². The number of halogens is 2. The summed E-state index contributed by atoms with van der Waals surface area (Å²) in [5.41, 5.74) is 3.04. The van der Waals surface area contributed by atoms with Crippen LogP contribution >= 0.6 is 45.5 Å². The molecule has 4 aromatic rings. The molecule has 1 aliphatic rings. The highest BCUT2D eigenvalue weighted by molar-refractivity contribution is 14.1. The number of allylic oxidation sites excluding steroid dienone is 1. The summed E-state index contributed by atoms with van der Waals surface area (Å²) in [6.45, 7) is 3.85. The highest BCUT2D eigenvalue weighted by Gasteiger charge is 2.34. The predicted molar refractivity (Wildman–Crippen MR) is 173 cm³/mol. The van der Waals surface area contributed by atoms with Crippen molar-refractivity contribution in [1.82, 2.24) is 4.57 Å². The van der Waals surface area contributed by atoms with Crippen molar-refractivity contribution in [3.8, 4) is 17.6 Å². The van der Waals surface area contributed by atoms with Crippen molar-refractivity contribution in [1.29, 1.82) is 5.26 Å². The molecule has 0 saturated carbocycles. The molecule has 8 nitrogen and oxygen atoms in total. The Kier molecular flexibility index (Phi) is 9.34. The van der Waals surface area contributed by atoms with Crippen molar-refractivity contribution < 1.29 is 19.0 Å². The first kappa shape index (κ1) is 30.5. The molecule has 0 aliphatic carbocycles. The van der Waals surface area contributed by atoms with Gasteiger partial charge in [0.1, 0.15) is 12.6 Å². The van der Waals surface area contributed by atoms with Gasteiger partial charge in [-0.2, -0.15) is 5.26 Å². The van der Waals surface area contributed by atoms with E-state index in [4.69, 9.17) is 31.1 Å². The third kappa shape index (κ3) is 6.25. The van der Waals surface area contributed by atoms with Crippen LogP contribution < -0.4 is 24.4 Å². The van der Waals surface area contributed by atoms with Gasteiger partial charge in [-0.25, -0.2) is 9.79 Å². The monoisotopic (exact) mass is 725 g/mol. The number of hydrogen-bond donors (Lipinski definition) is 0. The number of carbonyl (C=O) groups excluding carboxylic acids is 1. The lowest BCUT2D eigenvalue weighted by Gasteiger charge is -2.25. The zero-order valence-electron chi connectivity index (χ0n) is 23.4. The zero-order chi connectivity index (χ0) is 30.7. The van der Waals surface area contributed by atoms with Crippen LogP contribution in [0.1, 0.15) is 42.1 Å². The first-order valence-corrected chi connectivity index (χ1v) is 15.5. The first-order valence-electron chi connectivity index (χ1n) is 13.2. The zero-order valence-corrected chi connectivity index (χ0v) is 27.1. The Balaban J connectivity index is 1.65. The van der Waals surface area contributed by atoms with Gasteiger partial charge in [-0.15, -0.1) is 0 Å². The van der Waals surface area contributed by atoms with E-state index in [1.165, 1.54) is 15.9 Å². The van der Waals surface area contributed by atoms with E-state index in [-0.39, 0.29) is 24.3 Å². The van der Waals surface area contributed by atoms with Crippen molar-refractivity contribution in [2.24, 2.45) is 4.99 Å². The van der Waals surface area contributed by atoms with Crippen molar-refractivity contribution in [3.63, 3.8) is 0 Å². The SMILES string of the molecule is CCOC(=O)C1=C(C)N=c2s/c(=C\c3cc(I)cc(OC)c3OCc3ccc(C#N)cc3)c(=O)n2[C@H]1c1ccccc1Cl.